The van der Waals surface area contributed by atoms with E-state index in [1.54, 1.807) is 7.11 Å². The predicted octanol–water partition coefficient (Wildman–Crippen LogP) is 3.12. The number of rotatable bonds is 4. The molecule has 4 rings (SSSR count). The Balaban J connectivity index is 1.84. The molecule has 0 saturated heterocycles. The van der Waals surface area contributed by atoms with Crippen LogP contribution in [0.2, 0.25) is 0 Å². The fourth-order valence-electron chi connectivity index (χ4n) is 3.14. The lowest BCUT2D eigenvalue weighted by molar-refractivity contribution is 0.230. The summed E-state index contributed by atoms with van der Waals surface area (Å²) in [5.41, 5.74) is 8.80. The van der Waals surface area contributed by atoms with Crippen molar-refractivity contribution in [1.29, 1.82) is 0 Å². The average Bonchev–Trinajstić information content (AvgIpc) is 2.99. The fraction of sp³-hybridized carbons (Fsp3) is 0.263. The Kier molecular flexibility index (Phi) is 3.91. The third-order valence-corrected chi connectivity index (χ3v) is 4.19. The molecule has 1 atom stereocenters. The zero-order chi connectivity index (χ0) is 18.3. The molecule has 3 aromatic rings. The predicted molar refractivity (Wildman–Crippen MR) is 102 cm³/mol. The first-order valence-electron chi connectivity index (χ1n) is 8.48. The van der Waals surface area contributed by atoms with E-state index in [-0.39, 0.29) is 12.3 Å². The number of hydrogen-bond acceptors (Lipinski definition) is 6. The number of fused-ring (bicyclic) bond motifs is 3. The lowest BCUT2D eigenvalue weighted by Gasteiger charge is -2.24. The number of nitrogens with two attached hydrogens (primary N) is 1. The van der Waals surface area contributed by atoms with E-state index in [1.165, 1.54) is 0 Å². The maximum atomic E-state index is 6.00. The van der Waals surface area contributed by atoms with Gasteiger partial charge in [-0.3, -0.25) is 9.88 Å². The summed E-state index contributed by atoms with van der Waals surface area (Å²) in [5, 5.41) is 3.04. The maximum absolute atomic E-state index is 6.00. The number of para-hydroxylation sites is 2. The molecule has 7 nitrogen and oxygen atoms in total. The molecule has 1 aliphatic heterocycles. The summed E-state index contributed by atoms with van der Waals surface area (Å²) in [5.74, 6) is 2.37. The van der Waals surface area contributed by atoms with Crippen LogP contribution >= 0.6 is 0 Å². The molecular formula is C19H21N5O2. The Hall–Kier alpha value is -3.22. The molecule has 2 heterocycles. The zero-order valence-electron chi connectivity index (χ0n) is 14.9. The summed E-state index contributed by atoms with van der Waals surface area (Å²) in [6, 6.07) is 13.7. The highest BCUT2D eigenvalue weighted by Crippen LogP contribution is 2.36. The van der Waals surface area contributed by atoms with Gasteiger partial charge in [-0.05, 0) is 38.1 Å². The van der Waals surface area contributed by atoms with Crippen molar-refractivity contribution in [2.45, 2.75) is 26.1 Å². The van der Waals surface area contributed by atoms with Gasteiger partial charge in [0.15, 0.2) is 23.6 Å². The van der Waals surface area contributed by atoms with Gasteiger partial charge < -0.3 is 15.2 Å². The zero-order valence-corrected chi connectivity index (χ0v) is 14.9. The molecule has 0 spiro atoms. The highest BCUT2D eigenvalue weighted by molar-refractivity contribution is 5.94. The summed E-state index contributed by atoms with van der Waals surface area (Å²) < 4.78 is 13.4. The van der Waals surface area contributed by atoms with E-state index in [1.807, 2.05) is 60.9 Å². The normalized spacial score (nSPS) is 16.2. The number of anilines is 1. The van der Waals surface area contributed by atoms with Gasteiger partial charge in [0.05, 0.1) is 24.2 Å². The molecule has 0 fully saturated rings. The molecule has 0 unspecified atom stereocenters. The Morgan fingerprint density at radius 2 is 1.96 bits per heavy atom. The monoisotopic (exact) mass is 351 g/mol. The van der Waals surface area contributed by atoms with Crippen LogP contribution in [-0.2, 0) is 0 Å². The number of ether oxygens (including phenoxy) is 2. The Labute approximate surface area is 151 Å². The molecule has 1 aromatic heterocycles. The SMILES string of the molecule is COc1cc([C@@H]2N=C(N)Nc3nc4ccccc4n32)ccc1OC(C)C. The minimum absolute atomic E-state index is 0.0616. The summed E-state index contributed by atoms with van der Waals surface area (Å²) >= 11 is 0. The highest BCUT2D eigenvalue weighted by atomic mass is 16.5. The minimum atomic E-state index is -0.333. The van der Waals surface area contributed by atoms with Crippen LogP contribution in [0.5, 0.6) is 11.5 Å². The first-order chi connectivity index (χ1) is 12.6. The minimum Gasteiger partial charge on any atom is -0.493 e. The fourth-order valence-corrected chi connectivity index (χ4v) is 3.14. The van der Waals surface area contributed by atoms with Gasteiger partial charge >= 0.3 is 0 Å². The third-order valence-electron chi connectivity index (χ3n) is 4.19. The molecule has 2 aromatic carbocycles. The largest absolute Gasteiger partial charge is 0.493 e. The van der Waals surface area contributed by atoms with Crippen molar-refractivity contribution in [3.05, 3.63) is 48.0 Å². The first-order valence-corrected chi connectivity index (χ1v) is 8.48. The van der Waals surface area contributed by atoms with E-state index in [2.05, 4.69) is 15.3 Å². The van der Waals surface area contributed by atoms with Crippen molar-refractivity contribution >= 4 is 22.9 Å². The van der Waals surface area contributed by atoms with E-state index in [0.29, 0.717) is 23.4 Å². The number of guanidine groups is 1. The number of nitrogens with one attached hydrogen (secondary N) is 1. The van der Waals surface area contributed by atoms with Crippen molar-refractivity contribution in [2.75, 3.05) is 12.4 Å². The molecule has 1 aliphatic rings. The summed E-state index contributed by atoms with van der Waals surface area (Å²) in [4.78, 5) is 9.21. The molecule has 134 valence electrons. The molecule has 7 heteroatoms. The lowest BCUT2D eigenvalue weighted by Crippen LogP contribution is -2.31. The van der Waals surface area contributed by atoms with Gasteiger partial charge in [-0.15, -0.1) is 0 Å². The van der Waals surface area contributed by atoms with Crippen LogP contribution in [0.25, 0.3) is 11.0 Å². The standard InChI is InChI=1S/C19H21N5O2/c1-11(2)26-15-9-8-12(10-16(15)25-3)17-22-18(20)23-19-21-13-6-4-5-7-14(13)24(17)19/h4-11,17H,1-3H3,(H3,20,21,22,23)/t17-/m1/s1. The van der Waals surface area contributed by atoms with E-state index in [4.69, 9.17) is 15.2 Å². The summed E-state index contributed by atoms with van der Waals surface area (Å²) in [6.07, 6.45) is -0.271. The van der Waals surface area contributed by atoms with Crippen molar-refractivity contribution in [3.63, 3.8) is 0 Å². The van der Waals surface area contributed by atoms with E-state index in [0.717, 1.165) is 16.6 Å². The second-order valence-electron chi connectivity index (χ2n) is 6.38. The number of aliphatic imine (C=N–C) groups is 1. The number of nitrogens with zero attached hydrogens (tertiary/aromatic N) is 3. The van der Waals surface area contributed by atoms with Gasteiger partial charge in [-0.1, -0.05) is 18.2 Å². The van der Waals surface area contributed by atoms with Crippen LogP contribution in [0.3, 0.4) is 0 Å². The Bertz CT molecular complexity index is 993. The van der Waals surface area contributed by atoms with Crippen LogP contribution in [-0.4, -0.2) is 28.7 Å². The second-order valence-corrected chi connectivity index (χ2v) is 6.38. The van der Waals surface area contributed by atoms with E-state index in [9.17, 15) is 0 Å². The van der Waals surface area contributed by atoms with E-state index < -0.39 is 0 Å². The summed E-state index contributed by atoms with van der Waals surface area (Å²) in [6.45, 7) is 3.96. The Morgan fingerprint density at radius 3 is 2.73 bits per heavy atom. The van der Waals surface area contributed by atoms with Crippen molar-refractivity contribution < 1.29 is 9.47 Å². The number of hydrogen-bond donors (Lipinski definition) is 2. The van der Waals surface area contributed by atoms with Crippen LogP contribution in [0.1, 0.15) is 25.6 Å². The topological polar surface area (TPSA) is 86.7 Å². The van der Waals surface area contributed by atoms with Crippen LogP contribution in [0, 0.1) is 0 Å². The number of benzene rings is 2. The number of imidazole rings is 1. The van der Waals surface area contributed by atoms with Crippen LogP contribution in [0.15, 0.2) is 47.5 Å². The number of aromatic nitrogens is 2. The molecule has 3 N–H and O–H groups in total. The molecule has 0 aliphatic carbocycles. The average molecular weight is 351 g/mol. The molecule has 0 amide bonds. The van der Waals surface area contributed by atoms with E-state index >= 15 is 0 Å². The van der Waals surface area contributed by atoms with Crippen LogP contribution < -0.4 is 20.5 Å². The third kappa shape index (κ3) is 2.71. The van der Waals surface area contributed by atoms with Crippen LogP contribution in [0.4, 0.5) is 5.95 Å². The lowest BCUT2D eigenvalue weighted by atomic mass is 10.1. The Morgan fingerprint density at radius 1 is 1.15 bits per heavy atom. The second kappa shape index (κ2) is 6.25. The number of methoxy groups -OCH3 is 1. The van der Waals surface area contributed by atoms with Crippen molar-refractivity contribution in [1.82, 2.24) is 9.55 Å². The molecule has 0 bridgehead atoms. The quantitative estimate of drug-likeness (QED) is 0.754. The smallest absolute Gasteiger partial charge is 0.212 e. The van der Waals surface area contributed by atoms with Crippen molar-refractivity contribution in [3.8, 4) is 11.5 Å². The molecule has 0 radical (unpaired) electrons. The van der Waals surface area contributed by atoms with Gasteiger partial charge in [-0.2, -0.15) is 0 Å². The summed E-state index contributed by atoms with van der Waals surface area (Å²) in [7, 11) is 1.63. The highest BCUT2D eigenvalue weighted by Gasteiger charge is 2.26. The van der Waals surface area contributed by atoms with Crippen molar-refractivity contribution in [2.24, 2.45) is 10.7 Å². The van der Waals surface area contributed by atoms with Gasteiger partial charge in [0, 0.05) is 5.56 Å². The molecular weight excluding hydrogens is 330 g/mol. The molecule has 26 heavy (non-hydrogen) atoms. The maximum Gasteiger partial charge on any atom is 0.212 e. The van der Waals surface area contributed by atoms with Gasteiger partial charge in [0.1, 0.15) is 0 Å². The molecule has 0 saturated carbocycles. The van der Waals surface area contributed by atoms with Gasteiger partial charge in [0.25, 0.3) is 0 Å². The van der Waals surface area contributed by atoms with Gasteiger partial charge in [0.2, 0.25) is 5.95 Å². The first kappa shape index (κ1) is 16.3. The van der Waals surface area contributed by atoms with Gasteiger partial charge in [-0.25, -0.2) is 9.98 Å².